The smallest absolute Gasteiger partial charge is 0.119 e. The van der Waals surface area contributed by atoms with Gasteiger partial charge in [0.05, 0.1) is 18.3 Å². The predicted octanol–water partition coefficient (Wildman–Crippen LogP) is 7.05. The summed E-state index contributed by atoms with van der Waals surface area (Å²) in [5, 5.41) is 3.79. The topological polar surface area (TPSA) is 33.6 Å². The van der Waals surface area contributed by atoms with E-state index in [1.54, 1.807) is 0 Å². The van der Waals surface area contributed by atoms with Crippen molar-refractivity contribution in [1.82, 2.24) is 0 Å². The van der Waals surface area contributed by atoms with Crippen molar-refractivity contribution in [3.8, 4) is 5.75 Å². The summed E-state index contributed by atoms with van der Waals surface area (Å²) in [4.78, 5) is 4.66. The molecule has 0 unspecified atom stereocenters. The van der Waals surface area contributed by atoms with E-state index in [-0.39, 0.29) is 0 Å². The first-order chi connectivity index (χ1) is 15.3. The van der Waals surface area contributed by atoms with E-state index in [0.29, 0.717) is 17.9 Å². The Hall–Kier alpha value is -3.33. The second-order valence-electron chi connectivity index (χ2n) is 8.33. The maximum Gasteiger partial charge on any atom is 0.119 e. The molecule has 0 spiro atoms. The van der Waals surface area contributed by atoms with Crippen molar-refractivity contribution in [3.05, 3.63) is 102 Å². The number of benzene rings is 3. The van der Waals surface area contributed by atoms with Crippen LogP contribution in [0.3, 0.4) is 0 Å². The van der Waals surface area contributed by atoms with Crippen LogP contribution in [0.1, 0.15) is 48.4 Å². The number of fused-ring (bicyclic) bond motifs is 3. The molecule has 156 valence electrons. The van der Waals surface area contributed by atoms with Gasteiger partial charge in [0.1, 0.15) is 5.75 Å². The van der Waals surface area contributed by atoms with Crippen molar-refractivity contribution in [3.63, 3.8) is 0 Å². The highest BCUT2D eigenvalue weighted by molar-refractivity contribution is 5.82. The number of rotatable bonds is 6. The van der Waals surface area contributed by atoms with Gasteiger partial charge in [-0.1, -0.05) is 49.4 Å². The molecule has 3 aromatic carbocycles. The van der Waals surface area contributed by atoms with Crippen molar-refractivity contribution < 1.29 is 4.74 Å². The van der Waals surface area contributed by atoms with E-state index in [4.69, 9.17) is 4.74 Å². The highest BCUT2D eigenvalue weighted by atomic mass is 16.5. The van der Waals surface area contributed by atoms with Crippen LogP contribution in [0, 0.1) is 5.92 Å². The summed E-state index contributed by atoms with van der Waals surface area (Å²) in [6.07, 6.45) is 8.76. The molecule has 1 heterocycles. The Labute approximate surface area is 184 Å². The van der Waals surface area contributed by atoms with Gasteiger partial charge in [0.25, 0.3) is 0 Å². The zero-order chi connectivity index (χ0) is 21.0. The first kappa shape index (κ1) is 19.6. The zero-order valence-electron chi connectivity index (χ0n) is 17.9. The Balaban J connectivity index is 1.30. The highest BCUT2D eigenvalue weighted by Gasteiger charge is 2.37. The van der Waals surface area contributed by atoms with Crippen molar-refractivity contribution in [2.75, 3.05) is 11.9 Å². The molecule has 0 amide bonds. The molecule has 0 aromatic heterocycles. The minimum absolute atomic E-state index is 0.323. The summed E-state index contributed by atoms with van der Waals surface area (Å²) in [5.41, 5.74) is 6.04. The summed E-state index contributed by atoms with van der Waals surface area (Å²) in [6, 6.07) is 25.8. The van der Waals surface area contributed by atoms with Crippen LogP contribution in [-0.2, 0) is 0 Å². The number of allylic oxidation sites excluding steroid dienone is 2. The minimum atomic E-state index is 0.323. The van der Waals surface area contributed by atoms with Crippen molar-refractivity contribution in [1.29, 1.82) is 0 Å². The van der Waals surface area contributed by atoms with E-state index in [1.807, 2.05) is 30.5 Å². The molecule has 31 heavy (non-hydrogen) atoms. The molecule has 1 N–H and O–H groups in total. The predicted molar refractivity (Wildman–Crippen MR) is 129 cm³/mol. The summed E-state index contributed by atoms with van der Waals surface area (Å²) < 4.78 is 5.64. The average Bonchev–Trinajstić information content (AvgIpc) is 3.32. The average molecular weight is 409 g/mol. The summed E-state index contributed by atoms with van der Waals surface area (Å²) in [7, 11) is 0. The molecule has 1 aliphatic heterocycles. The fraction of sp³-hybridized carbons (Fsp3) is 0.250. The van der Waals surface area contributed by atoms with Gasteiger partial charge in [0.15, 0.2) is 0 Å². The third-order valence-electron chi connectivity index (χ3n) is 6.24. The first-order valence-corrected chi connectivity index (χ1v) is 11.2. The monoisotopic (exact) mass is 408 g/mol. The summed E-state index contributed by atoms with van der Waals surface area (Å²) in [6.45, 7) is 2.86. The van der Waals surface area contributed by atoms with Gasteiger partial charge in [-0.05, 0) is 77.9 Å². The quantitative estimate of drug-likeness (QED) is 0.350. The molecule has 2 aliphatic rings. The minimum Gasteiger partial charge on any atom is -0.494 e. The molecular weight excluding hydrogens is 380 g/mol. The Morgan fingerprint density at radius 1 is 1.00 bits per heavy atom. The number of nitrogens with one attached hydrogen (secondary N) is 1. The van der Waals surface area contributed by atoms with Gasteiger partial charge in [0, 0.05) is 17.8 Å². The van der Waals surface area contributed by atoms with E-state index >= 15 is 0 Å². The molecule has 0 fully saturated rings. The Morgan fingerprint density at radius 2 is 1.81 bits per heavy atom. The number of hydrogen-bond donors (Lipinski definition) is 1. The van der Waals surface area contributed by atoms with E-state index in [1.165, 1.54) is 16.8 Å². The maximum atomic E-state index is 5.64. The lowest BCUT2D eigenvalue weighted by Gasteiger charge is -2.37. The van der Waals surface area contributed by atoms with Gasteiger partial charge in [-0.2, -0.15) is 0 Å². The van der Waals surface area contributed by atoms with Crippen LogP contribution in [0.25, 0.3) is 0 Å². The molecule has 0 radical (unpaired) electrons. The van der Waals surface area contributed by atoms with Crippen LogP contribution in [0.15, 0.2) is 89.9 Å². The van der Waals surface area contributed by atoms with Gasteiger partial charge in [0.2, 0.25) is 0 Å². The molecule has 3 nitrogen and oxygen atoms in total. The number of para-hydroxylation sites is 1. The zero-order valence-corrected chi connectivity index (χ0v) is 17.9. The van der Waals surface area contributed by atoms with Crippen LogP contribution in [0.5, 0.6) is 5.75 Å². The molecule has 1 aliphatic carbocycles. The Bertz CT molecular complexity index is 1080. The third-order valence-corrected chi connectivity index (χ3v) is 6.24. The molecule has 3 atom stereocenters. The largest absolute Gasteiger partial charge is 0.494 e. The SMILES string of the molecule is CCCOc1ccc(C=Nc2ccc([C@@H]3Nc4ccccc4[C@H]4C=CC[C@H]43)cc2)cc1. The van der Waals surface area contributed by atoms with E-state index in [9.17, 15) is 0 Å². The lowest BCUT2D eigenvalue weighted by atomic mass is 9.77. The molecule has 3 aromatic rings. The normalized spacial score (nSPS) is 21.5. The van der Waals surface area contributed by atoms with Crippen LogP contribution in [0.4, 0.5) is 11.4 Å². The number of aliphatic imine (C=N–C) groups is 1. The van der Waals surface area contributed by atoms with E-state index in [0.717, 1.165) is 36.4 Å². The molecule has 0 bridgehead atoms. The lowest BCUT2D eigenvalue weighted by Crippen LogP contribution is -2.28. The van der Waals surface area contributed by atoms with E-state index in [2.05, 4.69) is 77.9 Å². The second kappa shape index (κ2) is 8.81. The van der Waals surface area contributed by atoms with Crippen LogP contribution < -0.4 is 10.1 Å². The Morgan fingerprint density at radius 3 is 2.61 bits per heavy atom. The lowest BCUT2D eigenvalue weighted by molar-refractivity contribution is 0.317. The fourth-order valence-electron chi connectivity index (χ4n) is 4.66. The molecular formula is C28H28N2O. The van der Waals surface area contributed by atoms with Crippen LogP contribution >= 0.6 is 0 Å². The first-order valence-electron chi connectivity index (χ1n) is 11.2. The van der Waals surface area contributed by atoms with Gasteiger partial charge in [-0.25, -0.2) is 0 Å². The number of hydrogen-bond acceptors (Lipinski definition) is 3. The van der Waals surface area contributed by atoms with Crippen LogP contribution in [-0.4, -0.2) is 12.8 Å². The fourth-order valence-corrected chi connectivity index (χ4v) is 4.66. The van der Waals surface area contributed by atoms with Gasteiger partial charge >= 0.3 is 0 Å². The van der Waals surface area contributed by atoms with Gasteiger partial charge in [-0.3, -0.25) is 4.99 Å². The van der Waals surface area contributed by atoms with Crippen molar-refractivity contribution >= 4 is 17.6 Å². The second-order valence-corrected chi connectivity index (χ2v) is 8.33. The Kier molecular flexibility index (Phi) is 5.57. The molecule has 0 saturated carbocycles. The molecule has 5 rings (SSSR count). The van der Waals surface area contributed by atoms with Gasteiger partial charge in [-0.15, -0.1) is 0 Å². The van der Waals surface area contributed by atoms with Crippen LogP contribution in [0.2, 0.25) is 0 Å². The van der Waals surface area contributed by atoms with Gasteiger partial charge < -0.3 is 10.1 Å². The maximum absolute atomic E-state index is 5.64. The van der Waals surface area contributed by atoms with Crippen molar-refractivity contribution in [2.24, 2.45) is 10.9 Å². The standard InChI is InChI=1S/C28H28N2O/c1-2-18-31-23-16-10-20(11-17-23)19-29-22-14-12-21(13-15-22)28-26-8-5-7-24(26)25-6-3-4-9-27(25)30-28/h3-7,9-17,19,24,26,28,30H,2,8,18H2,1H3/t24-,26-,28+/m1/s1. The highest BCUT2D eigenvalue weighted by Crippen LogP contribution is 2.49. The summed E-state index contributed by atoms with van der Waals surface area (Å²) in [5.74, 6) is 1.98. The third kappa shape index (κ3) is 4.13. The van der Waals surface area contributed by atoms with E-state index < -0.39 is 0 Å². The summed E-state index contributed by atoms with van der Waals surface area (Å²) >= 11 is 0. The number of nitrogens with zero attached hydrogens (tertiary/aromatic N) is 1. The number of anilines is 1. The van der Waals surface area contributed by atoms with Crippen molar-refractivity contribution in [2.45, 2.75) is 31.7 Å². The molecule has 3 heteroatoms. The molecule has 0 saturated heterocycles. The number of ether oxygens (including phenoxy) is 1.